The van der Waals surface area contributed by atoms with E-state index in [0.29, 0.717) is 0 Å². The van der Waals surface area contributed by atoms with Crippen LogP contribution in [0.5, 0.6) is 0 Å². The maximum atomic E-state index is 3.00. The smallest absolute Gasteiger partial charge is 0.00981 e. The molecular weight excluding hydrogens is 302 g/mol. The zero-order chi connectivity index (χ0) is 17.6. The van der Waals surface area contributed by atoms with Gasteiger partial charge in [0, 0.05) is 12.1 Å². The molecule has 0 heterocycles. The lowest BCUT2D eigenvalue weighted by Crippen LogP contribution is -2.45. The van der Waals surface area contributed by atoms with E-state index in [9.17, 15) is 0 Å². The van der Waals surface area contributed by atoms with Crippen LogP contribution in [-0.2, 0) is 0 Å². The molecule has 0 aromatic heterocycles. The molecule has 0 spiro atoms. The lowest BCUT2D eigenvalue weighted by atomic mass is 9.88. The van der Waals surface area contributed by atoms with Crippen molar-refractivity contribution in [2.45, 2.75) is 147 Å². The lowest BCUT2D eigenvalue weighted by Gasteiger charge is -2.41. The topological polar surface area (TPSA) is 3.24 Å². The van der Waals surface area contributed by atoms with Crippen LogP contribution in [0.1, 0.15) is 135 Å². The second-order valence-electron chi connectivity index (χ2n) is 9.00. The van der Waals surface area contributed by atoms with Crippen molar-refractivity contribution in [3.05, 3.63) is 0 Å². The van der Waals surface area contributed by atoms with Crippen molar-refractivity contribution in [3.8, 4) is 0 Å². The highest BCUT2D eigenvalue weighted by molar-refractivity contribution is 4.83. The minimum Gasteiger partial charge on any atom is -0.297 e. The first kappa shape index (κ1) is 21.3. The van der Waals surface area contributed by atoms with E-state index >= 15 is 0 Å². The van der Waals surface area contributed by atoms with Crippen LogP contribution in [0.4, 0.5) is 0 Å². The van der Waals surface area contributed by atoms with Crippen LogP contribution in [0.15, 0.2) is 0 Å². The summed E-state index contributed by atoms with van der Waals surface area (Å²) in [7, 11) is 0. The van der Waals surface area contributed by atoms with Crippen LogP contribution in [-0.4, -0.2) is 23.5 Å². The molecule has 2 aliphatic rings. The highest BCUT2D eigenvalue weighted by Crippen LogP contribution is 2.30. The molecule has 0 aromatic carbocycles. The quantitative estimate of drug-likeness (QED) is 0.306. The summed E-state index contributed by atoms with van der Waals surface area (Å²) in [4.78, 5) is 3.00. The summed E-state index contributed by atoms with van der Waals surface area (Å²) >= 11 is 0. The SMILES string of the molecule is CCCCCCCCCCCCN(C1CCCCC1)C1CCCCC1. The van der Waals surface area contributed by atoms with Crippen molar-refractivity contribution in [2.24, 2.45) is 0 Å². The fraction of sp³-hybridized carbons (Fsp3) is 1.00. The summed E-state index contributed by atoms with van der Waals surface area (Å²) in [5.41, 5.74) is 0. The van der Waals surface area contributed by atoms with Crippen LogP contribution in [0.3, 0.4) is 0 Å². The van der Waals surface area contributed by atoms with E-state index in [2.05, 4.69) is 11.8 Å². The molecule has 0 amide bonds. The second-order valence-corrected chi connectivity index (χ2v) is 9.00. The van der Waals surface area contributed by atoms with E-state index in [-0.39, 0.29) is 0 Å². The fourth-order valence-electron chi connectivity index (χ4n) is 5.27. The first-order valence-electron chi connectivity index (χ1n) is 12.2. The summed E-state index contributed by atoms with van der Waals surface area (Å²) in [5, 5.41) is 0. The van der Waals surface area contributed by atoms with E-state index < -0.39 is 0 Å². The number of nitrogens with zero attached hydrogens (tertiary/aromatic N) is 1. The molecule has 0 saturated heterocycles. The molecule has 2 aliphatic carbocycles. The van der Waals surface area contributed by atoms with Gasteiger partial charge in [0.05, 0.1) is 0 Å². The lowest BCUT2D eigenvalue weighted by molar-refractivity contribution is 0.0788. The predicted octanol–water partition coefficient (Wildman–Crippen LogP) is 7.87. The molecule has 0 N–H and O–H groups in total. The maximum absolute atomic E-state index is 3.00. The molecule has 2 rings (SSSR count). The van der Waals surface area contributed by atoms with Crippen molar-refractivity contribution in [1.82, 2.24) is 4.90 Å². The number of rotatable bonds is 13. The van der Waals surface area contributed by atoms with Gasteiger partial charge in [-0.2, -0.15) is 0 Å². The predicted molar refractivity (Wildman–Crippen MR) is 112 cm³/mol. The monoisotopic (exact) mass is 349 g/mol. The van der Waals surface area contributed by atoms with Crippen LogP contribution in [0.2, 0.25) is 0 Å². The standard InChI is InChI=1S/C24H47N/c1-2-3-4-5-6-7-8-9-10-17-22-25(23-18-13-11-14-19-23)24-20-15-12-16-21-24/h23-24H,2-22H2,1H3. The molecule has 0 bridgehead atoms. The molecular formula is C24H47N. The van der Waals surface area contributed by atoms with Gasteiger partial charge in [-0.25, -0.2) is 0 Å². The second kappa shape index (κ2) is 14.1. The highest BCUT2D eigenvalue weighted by atomic mass is 15.2. The normalized spacial score (nSPS) is 20.4. The van der Waals surface area contributed by atoms with Gasteiger partial charge in [-0.15, -0.1) is 0 Å². The number of hydrogen-bond donors (Lipinski definition) is 0. The third kappa shape index (κ3) is 8.94. The molecule has 2 saturated carbocycles. The zero-order valence-corrected chi connectivity index (χ0v) is 17.5. The summed E-state index contributed by atoms with van der Waals surface area (Å²) < 4.78 is 0. The Bertz CT molecular complexity index is 270. The van der Waals surface area contributed by atoms with Gasteiger partial charge in [0.25, 0.3) is 0 Å². The Morgan fingerprint density at radius 1 is 0.520 bits per heavy atom. The zero-order valence-electron chi connectivity index (χ0n) is 17.5. The minimum atomic E-state index is 0.940. The van der Waals surface area contributed by atoms with Gasteiger partial charge < -0.3 is 0 Å². The molecule has 25 heavy (non-hydrogen) atoms. The summed E-state index contributed by atoms with van der Waals surface area (Å²) in [6, 6.07) is 1.88. The number of hydrogen-bond acceptors (Lipinski definition) is 1. The van der Waals surface area contributed by atoms with Crippen LogP contribution >= 0.6 is 0 Å². The summed E-state index contributed by atoms with van der Waals surface area (Å²) in [5.74, 6) is 0. The minimum absolute atomic E-state index is 0.940. The Hall–Kier alpha value is -0.0400. The Labute approximate surface area is 159 Å². The van der Waals surface area contributed by atoms with Gasteiger partial charge in [0.1, 0.15) is 0 Å². The molecule has 0 aliphatic heterocycles. The maximum Gasteiger partial charge on any atom is 0.00981 e. The Morgan fingerprint density at radius 3 is 1.36 bits per heavy atom. The van der Waals surface area contributed by atoms with Gasteiger partial charge in [0.15, 0.2) is 0 Å². The van der Waals surface area contributed by atoms with Crippen molar-refractivity contribution in [2.75, 3.05) is 6.54 Å². The fourth-order valence-corrected chi connectivity index (χ4v) is 5.27. The van der Waals surface area contributed by atoms with Gasteiger partial charge in [0.2, 0.25) is 0 Å². The Kier molecular flexibility index (Phi) is 12.0. The van der Waals surface area contributed by atoms with Crippen LogP contribution < -0.4 is 0 Å². The molecule has 0 unspecified atom stereocenters. The van der Waals surface area contributed by atoms with Gasteiger partial charge in [-0.3, -0.25) is 4.90 Å². The molecule has 1 nitrogen and oxygen atoms in total. The van der Waals surface area contributed by atoms with Gasteiger partial charge >= 0.3 is 0 Å². The Morgan fingerprint density at radius 2 is 0.920 bits per heavy atom. The highest BCUT2D eigenvalue weighted by Gasteiger charge is 2.28. The molecule has 148 valence electrons. The van der Waals surface area contributed by atoms with Crippen molar-refractivity contribution < 1.29 is 0 Å². The average Bonchev–Trinajstić information content (AvgIpc) is 2.67. The largest absolute Gasteiger partial charge is 0.297 e. The van der Waals surface area contributed by atoms with Gasteiger partial charge in [-0.05, 0) is 38.6 Å². The van der Waals surface area contributed by atoms with Crippen LogP contribution in [0.25, 0.3) is 0 Å². The molecule has 0 aromatic rings. The molecule has 2 fully saturated rings. The average molecular weight is 350 g/mol. The van der Waals surface area contributed by atoms with E-state index in [1.165, 1.54) is 135 Å². The number of unbranched alkanes of at least 4 members (excludes halogenated alkanes) is 9. The van der Waals surface area contributed by atoms with Gasteiger partial charge in [-0.1, -0.05) is 103 Å². The van der Waals surface area contributed by atoms with Crippen LogP contribution in [0, 0.1) is 0 Å². The first-order valence-corrected chi connectivity index (χ1v) is 12.2. The third-order valence-corrected chi connectivity index (χ3v) is 6.86. The molecule has 1 heteroatoms. The molecule has 0 radical (unpaired) electrons. The third-order valence-electron chi connectivity index (χ3n) is 6.86. The van der Waals surface area contributed by atoms with Crippen molar-refractivity contribution >= 4 is 0 Å². The van der Waals surface area contributed by atoms with E-state index in [0.717, 1.165) is 12.1 Å². The Balaban J connectivity index is 1.57. The molecule has 0 atom stereocenters. The van der Waals surface area contributed by atoms with Crippen molar-refractivity contribution in [1.29, 1.82) is 0 Å². The van der Waals surface area contributed by atoms with E-state index in [1.54, 1.807) is 0 Å². The summed E-state index contributed by atoms with van der Waals surface area (Å²) in [6.07, 6.45) is 29.6. The summed E-state index contributed by atoms with van der Waals surface area (Å²) in [6.45, 7) is 3.72. The van der Waals surface area contributed by atoms with E-state index in [4.69, 9.17) is 0 Å². The van der Waals surface area contributed by atoms with E-state index in [1.807, 2.05) is 0 Å². The van der Waals surface area contributed by atoms with Crippen molar-refractivity contribution in [3.63, 3.8) is 0 Å². The first-order chi connectivity index (χ1) is 12.4.